The van der Waals surface area contributed by atoms with Gasteiger partial charge in [0.2, 0.25) is 0 Å². The molecule has 1 aromatic rings. The molecule has 1 aromatic heterocycles. The average Bonchev–Trinajstić information content (AvgIpc) is 2.49. The zero-order valence-corrected chi connectivity index (χ0v) is 12.4. The standard InChI is InChI=1S/C14H22N4O3/c1-10(2)17-6-7-21-11(8-17)9-18-5-3-4-12(14(18)19)13(15)16-20/h3-5,10-11,20H,6-9H2,1-2H3,(H2,15,16). The molecule has 1 saturated heterocycles. The van der Waals surface area contributed by atoms with Crippen LogP contribution in [0.5, 0.6) is 0 Å². The lowest BCUT2D eigenvalue weighted by Gasteiger charge is -2.35. The van der Waals surface area contributed by atoms with Gasteiger partial charge in [0, 0.05) is 25.3 Å². The van der Waals surface area contributed by atoms with Crippen molar-refractivity contribution in [1.82, 2.24) is 9.47 Å². The minimum atomic E-state index is -0.280. The molecule has 1 aliphatic heterocycles. The maximum absolute atomic E-state index is 12.3. The smallest absolute Gasteiger partial charge is 0.261 e. The average molecular weight is 294 g/mol. The quantitative estimate of drug-likeness (QED) is 0.354. The Kier molecular flexibility index (Phi) is 4.98. The summed E-state index contributed by atoms with van der Waals surface area (Å²) in [6, 6.07) is 3.70. The van der Waals surface area contributed by atoms with Crippen molar-refractivity contribution in [3.63, 3.8) is 0 Å². The van der Waals surface area contributed by atoms with Crippen molar-refractivity contribution in [3.8, 4) is 0 Å². The third kappa shape index (κ3) is 3.62. The van der Waals surface area contributed by atoms with Crippen LogP contribution in [-0.4, -0.2) is 52.4 Å². The SMILES string of the molecule is CC(C)N1CCOC(Cn2cccc(/C(N)=N/O)c2=O)C1. The molecule has 0 radical (unpaired) electrons. The zero-order chi connectivity index (χ0) is 15.4. The zero-order valence-electron chi connectivity index (χ0n) is 12.4. The number of hydrogen-bond donors (Lipinski definition) is 2. The number of morpholine rings is 1. The molecule has 1 aliphatic rings. The molecule has 2 heterocycles. The van der Waals surface area contributed by atoms with Gasteiger partial charge < -0.3 is 20.2 Å². The summed E-state index contributed by atoms with van der Waals surface area (Å²) in [6.07, 6.45) is 1.65. The Morgan fingerprint density at radius 3 is 3.05 bits per heavy atom. The monoisotopic (exact) mass is 294 g/mol. The fourth-order valence-corrected chi connectivity index (χ4v) is 2.47. The number of nitrogens with two attached hydrogens (primary N) is 1. The Bertz CT molecular complexity index is 568. The summed E-state index contributed by atoms with van der Waals surface area (Å²) in [7, 11) is 0. The van der Waals surface area contributed by atoms with Gasteiger partial charge >= 0.3 is 0 Å². The first-order valence-electron chi connectivity index (χ1n) is 7.06. The maximum Gasteiger partial charge on any atom is 0.261 e. The fraction of sp³-hybridized carbons (Fsp3) is 0.571. The number of ether oxygens (including phenoxy) is 1. The summed E-state index contributed by atoms with van der Waals surface area (Å²) in [4.78, 5) is 14.6. The van der Waals surface area contributed by atoms with Crippen LogP contribution >= 0.6 is 0 Å². The molecule has 0 spiro atoms. The fourth-order valence-electron chi connectivity index (χ4n) is 2.47. The highest BCUT2D eigenvalue weighted by molar-refractivity contribution is 5.96. The van der Waals surface area contributed by atoms with Gasteiger partial charge in [-0.3, -0.25) is 9.69 Å². The van der Waals surface area contributed by atoms with Crippen molar-refractivity contribution in [2.75, 3.05) is 19.7 Å². The van der Waals surface area contributed by atoms with E-state index in [9.17, 15) is 4.79 Å². The van der Waals surface area contributed by atoms with Crippen molar-refractivity contribution in [3.05, 3.63) is 34.2 Å². The third-order valence-electron chi connectivity index (χ3n) is 3.70. The molecule has 0 saturated carbocycles. The van der Waals surface area contributed by atoms with E-state index in [-0.39, 0.29) is 23.1 Å². The first-order chi connectivity index (χ1) is 10.0. The summed E-state index contributed by atoms with van der Waals surface area (Å²) in [5, 5.41) is 11.6. The number of aromatic nitrogens is 1. The Morgan fingerprint density at radius 2 is 2.38 bits per heavy atom. The number of nitrogens with zero attached hydrogens (tertiary/aromatic N) is 3. The second kappa shape index (κ2) is 6.73. The van der Waals surface area contributed by atoms with Crippen LogP contribution in [0.2, 0.25) is 0 Å². The van der Waals surface area contributed by atoms with Crippen LogP contribution in [0, 0.1) is 0 Å². The molecule has 0 amide bonds. The van der Waals surface area contributed by atoms with Gasteiger partial charge in [-0.05, 0) is 26.0 Å². The highest BCUT2D eigenvalue weighted by atomic mass is 16.5. The highest BCUT2D eigenvalue weighted by Crippen LogP contribution is 2.10. The van der Waals surface area contributed by atoms with E-state index in [0.717, 1.165) is 13.1 Å². The van der Waals surface area contributed by atoms with Crippen molar-refractivity contribution in [1.29, 1.82) is 0 Å². The summed E-state index contributed by atoms with van der Waals surface area (Å²) in [5.41, 5.74) is 5.42. The number of hydrogen-bond acceptors (Lipinski definition) is 5. The number of rotatable bonds is 4. The Labute approximate surface area is 123 Å². The van der Waals surface area contributed by atoms with E-state index >= 15 is 0 Å². The molecule has 0 aromatic carbocycles. The van der Waals surface area contributed by atoms with Crippen molar-refractivity contribution < 1.29 is 9.94 Å². The first-order valence-corrected chi connectivity index (χ1v) is 7.06. The van der Waals surface area contributed by atoms with Crippen LogP contribution < -0.4 is 11.3 Å². The summed E-state index contributed by atoms with van der Waals surface area (Å²) in [6.45, 7) is 7.11. The molecule has 2 rings (SSSR count). The molecule has 3 N–H and O–H groups in total. The van der Waals surface area contributed by atoms with E-state index in [4.69, 9.17) is 15.7 Å². The predicted octanol–water partition coefficient (Wildman–Crippen LogP) is 0.0520. The Balaban J connectivity index is 2.15. The highest BCUT2D eigenvalue weighted by Gasteiger charge is 2.23. The van der Waals surface area contributed by atoms with Crippen LogP contribution in [0.25, 0.3) is 0 Å². The molecule has 116 valence electrons. The second-order valence-electron chi connectivity index (χ2n) is 5.45. The molecule has 7 heteroatoms. The number of pyridine rings is 1. The van der Waals surface area contributed by atoms with Gasteiger partial charge in [0.05, 0.1) is 24.8 Å². The van der Waals surface area contributed by atoms with Crippen LogP contribution in [0.1, 0.15) is 19.4 Å². The predicted molar refractivity (Wildman–Crippen MR) is 79.7 cm³/mol. The molecule has 1 fully saturated rings. The molecule has 1 unspecified atom stereocenters. The van der Waals surface area contributed by atoms with E-state index in [0.29, 0.717) is 19.2 Å². The molecule has 0 aliphatic carbocycles. The van der Waals surface area contributed by atoms with E-state index in [1.807, 2.05) is 0 Å². The first kappa shape index (κ1) is 15.5. The van der Waals surface area contributed by atoms with Gasteiger partial charge in [-0.2, -0.15) is 0 Å². The lowest BCUT2D eigenvalue weighted by atomic mass is 10.2. The van der Waals surface area contributed by atoms with E-state index in [1.165, 1.54) is 6.07 Å². The minimum Gasteiger partial charge on any atom is -0.409 e. The Morgan fingerprint density at radius 1 is 1.62 bits per heavy atom. The minimum absolute atomic E-state index is 0.0404. The molecule has 1 atom stereocenters. The normalized spacial score (nSPS) is 20.9. The maximum atomic E-state index is 12.3. The number of oxime groups is 1. The van der Waals surface area contributed by atoms with Gasteiger partial charge in [-0.1, -0.05) is 5.16 Å². The Hall–Kier alpha value is -1.86. The second-order valence-corrected chi connectivity index (χ2v) is 5.45. The van der Waals surface area contributed by atoms with Crippen LogP contribution in [-0.2, 0) is 11.3 Å². The van der Waals surface area contributed by atoms with Gasteiger partial charge in [-0.25, -0.2) is 0 Å². The van der Waals surface area contributed by atoms with Gasteiger partial charge in [0.1, 0.15) is 0 Å². The lowest BCUT2D eigenvalue weighted by molar-refractivity contribution is -0.0459. The molecular formula is C14H22N4O3. The van der Waals surface area contributed by atoms with Gasteiger partial charge in [0.25, 0.3) is 5.56 Å². The lowest BCUT2D eigenvalue weighted by Crippen LogP contribution is -2.48. The van der Waals surface area contributed by atoms with E-state index in [2.05, 4.69) is 23.9 Å². The van der Waals surface area contributed by atoms with Crippen molar-refractivity contribution >= 4 is 5.84 Å². The molecular weight excluding hydrogens is 272 g/mol. The molecule has 7 nitrogen and oxygen atoms in total. The summed E-state index contributed by atoms with van der Waals surface area (Å²) in [5.74, 6) is -0.178. The molecule has 0 bridgehead atoms. The topological polar surface area (TPSA) is 93.1 Å². The van der Waals surface area contributed by atoms with E-state index < -0.39 is 0 Å². The molecule has 21 heavy (non-hydrogen) atoms. The van der Waals surface area contributed by atoms with Gasteiger partial charge in [0.15, 0.2) is 5.84 Å². The van der Waals surface area contributed by atoms with Crippen LogP contribution in [0.4, 0.5) is 0 Å². The number of amidine groups is 1. The van der Waals surface area contributed by atoms with Crippen molar-refractivity contribution in [2.45, 2.75) is 32.5 Å². The van der Waals surface area contributed by atoms with Crippen LogP contribution in [0.15, 0.2) is 28.3 Å². The van der Waals surface area contributed by atoms with Gasteiger partial charge in [-0.15, -0.1) is 0 Å². The summed E-state index contributed by atoms with van der Waals surface area (Å²) < 4.78 is 7.28. The van der Waals surface area contributed by atoms with E-state index in [1.54, 1.807) is 16.8 Å². The van der Waals surface area contributed by atoms with Crippen LogP contribution in [0.3, 0.4) is 0 Å². The largest absolute Gasteiger partial charge is 0.409 e. The van der Waals surface area contributed by atoms with Crippen molar-refractivity contribution in [2.24, 2.45) is 10.9 Å². The third-order valence-corrected chi connectivity index (χ3v) is 3.70. The summed E-state index contributed by atoms with van der Waals surface area (Å²) >= 11 is 0.